The third-order valence-electron chi connectivity index (χ3n) is 4.88. The van der Waals surface area contributed by atoms with Crippen LogP contribution in [0, 0.1) is 16.0 Å². The van der Waals surface area contributed by atoms with Crippen molar-refractivity contribution in [2.45, 2.75) is 52.3 Å². The summed E-state index contributed by atoms with van der Waals surface area (Å²) in [6, 6.07) is 2.23. The lowest BCUT2D eigenvalue weighted by Gasteiger charge is -2.24. The maximum absolute atomic E-state index is 12.9. The summed E-state index contributed by atoms with van der Waals surface area (Å²) in [5.41, 5.74) is -0.154. The average Bonchev–Trinajstić information content (AvgIpc) is 2.83. The predicted octanol–water partition coefficient (Wildman–Crippen LogP) is 2.71. The zero-order chi connectivity index (χ0) is 19.8. The smallest absolute Gasteiger partial charge is 0.325 e. The van der Waals surface area contributed by atoms with Crippen LogP contribution in [0.15, 0.2) is 12.1 Å². The van der Waals surface area contributed by atoms with Gasteiger partial charge in [-0.1, -0.05) is 13.8 Å². The fourth-order valence-corrected chi connectivity index (χ4v) is 3.31. The van der Waals surface area contributed by atoms with Crippen LogP contribution in [-0.2, 0) is 22.7 Å². The van der Waals surface area contributed by atoms with Crippen molar-refractivity contribution in [3.05, 3.63) is 33.4 Å². The number of nitro groups is 1. The van der Waals surface area contributed by atoms with Crippen molar-refractivity contribution in [2.24, 2.45) is 5.92 Å². The summed E-state index contributed by atoms with van der Waals surface area (Å²) in [5.74, 6) is 0.501. The molecule has 146 valence electrons. The second kappa shape index (κ2) is 7.15. The molecular formula is C18H23N3O6. The zero-order valence-corrected chi connectivity index (χ0v) is 15.6. The van der Waals surface area contributed by atoms with Crippen LogP contribution in [0.4, 0.5) is 10.5 Å². The van der Waals surface area contributed by atoms with E-state index in [0.29, 0.717) is 29.2 Å². The average molecular weight is 377 g/mol. The molecule has 3 amide bonds. The van der Waals surface area contributed by atoms with Gasteiger partial charge in [0.2, 0.25) is 0 Å². The number of non-ortho nitro benzene ring substituents is 1. The minimum Gasteiger partial charge on any atom is -0.467 e. The molecule has 27 heavy (non-hydrogen) atoms. The molecule has 0 saturated carbocycles. The number of benzene rings is 1. The lowest BCUT2D eigenvalue weighted by atomic mass is 9.92. The summed E-state index contributed by atoms with van der Waals surface area (Å²) in [5, 5.41) is 14.0. The number of hydrogen-bond acceptors (Lipinski definition) is 6. The van der Waals surface area contributed by atoms with E-state index in [1.807, 2.05) is 0 Å². The normalized spacial score (nSPS) is 21.9. The van der Waals surface area contributed by atoms with E-state index in [4.69, 9.17) is 9.47 Å². The van der Waals surface area contributed by atoms with Crippen molar-refractivity contribution in [1.29, 1.82) is 0 Å². The molecule has 9 heteroatoms. The summed E-state index contributed by atoms with van der Waals surface area (Å²) in [7, 11) is 0. The Morgan fingerprint density at radius 3 is 2.78 bits per heavy atom. The summed E-state index contributed by atoms with van der Waals surface area (Å²) in [6.45, 7) is 5.92. The molecule has 9 nitrogen and oxygen atoms in total. The van der Waals surface area contributed by atoms with Gasteiger partial charge >= 0.3 is 6.03 Å². The van der Waals surface area contributed by atoms with Gasteiger partial charge in [0.25, 0.3) is 11.6 Å². The third-order valence-corrected chi connectivity index (χ3v) is 4.88. The van der Waals surface area contributed by atoms with Crippen LogP contribution in [0.25, 0.3) is 0 Å². The van der Waals surface area contributed by atoms with Gasteiger partial charge in [-0.15, -0.1) is 0 Å². The SMILES string of the molecule is CC(C)CCC1(C)NC(=O)N(Cc2cc([N+](=O)[O-])cc3c2OCOC3)C1=O. The number of nitrogens with zero attached hydrogens (tertiary/aromatic N) is 2. The number of rotatable bonds is 6. The molecule has 0 spiro atoms. The van der Waals surface area contributed by atoms with Crippen LogP contribution in [0.2, 0.25) is 0 Å². The van der Waals surface area contributed by atoms with E-state index in [0.717, 1.165) is 11.3 Å². The van der Waals surface area contributed by atoms with Crippen LogP contribution in [0.5, 0.6) is 5.75 Å². The highest BCUT2D eigenvalue weighted by molar-refractivity contribution is 6.06. The quantitative estimate of drug-likeness (QED) is 0.463. The predicted molar refractivity (Wildman–Crippen MR) is 94.9 cm³/mol. The van der Waals surface area contributed by atoms with Crippen molar-refractivity contribution in [1.82, 2.24) is 10.2 Å². The van der Waals surface area contributed by atoms with Crippen LogP contribution >= 0.6 is 0 Å². The van der Waals surface area contributed by atoms with Crippen LogP contribution in [0.3, 0.4) is 0 Å². The van der Waals surface area contributed by atoms with Crippen molar-refractivity contribution in [3.63, 3.8) is 0 Å². The molecule has 0 aromatic heterocycles. The van der Waals surface area contributed by atoms with E-state index in [1.54, 1.807) is 6.92 Å². The van der Waals surface area contributed by atoms with Gasteiger partial charge in [-0.05, 0) is 25.7 Å². The lowest BCUT2D eigenvalue weighted by molar-refractivity contribution is -0.385. The number of fused-ring (bicyclic) bond motifs is 1. The molecule has 2 aliphatic heterocycles. The first-order valence-electron chi connectivity index (χ1n) is 8.86. The topological polar surface area (TPSA) is 111 Å². The van der Waals surface area contributed by atoms with Gasteiger partial charge in [0, 0.05) is 23.3 Å². The highest BCUT2D eigenvalue weighted by Crippen LogP contribution is 2.35. The molecule has 2 heterocycles. The molecular weight excluding hydrogens is 354 g/mol. The first-order valence-corrected chi connectivity index (χ1v) is 8.86. The Labute approximate surface area is 156 Å². The summed E-state index contributed by atoms with van der Waals surface area (Å²) in [6.07, 6.45) is 1.33. The molecule has 1 atom stereocenters. The number of amides is 3. The van der Waals surface area contributed by atoms with Gasteiger partial charge in [-0.3, -0.25) is 19.8 Å². The minimum absolute atomic E-state index is 0.0179. The molecule has 1 fully saturated rings. The third kappa shape index (κ3) is 3.73. The molecule has 1 aromatic rings. The maximum atomic E-state index is 12.9. The number of hydrogen-bond donors (Lipinski definition) is 1. The van der Waals surface area contributed by atoms with Crippen molar-refractivity contribution < 1.29 is 24.0 Å². The largest absolute Gasteiger partial charge is 0.467 e. The van der Waals surface area contributed by atoms with Crippen molar-refractivity contribution in [3.8, 4) is 5.75 Å². The summed E-state index contributed by atoms with van der Waals surface area (Å²) in [4.78, 5) is 37.1. The second-order valence-corrected chi connectivity index (χ2v) is 7.55. The Kier molecular flexibility index (Phi) is 5.05. The Bertz CT molecular complexity index is 794. The molecule has 0 aliphatic carbocycles. The molecule has 1 saturated heterocycles. The van der Waals surface area contributed by atoms with Gasteiger partial charge in [0.05, 0.1) is 18.1 Å². The molecule has 0 bridgehead atoms. The molecule has 1 unspecified atom stereocenters. The Balaban J connectivity index is 1.88. The van der Waals surface area contributed by atoms with Crippen LogP contribution < -0.4 is 10.1 Å². The van der Waals surface area contributed by atoms with E-state index in [9.17, 15) is 19.7 Å². The van der Waals surface area contributed by atoms with E-state index >= 15 is 0 Å². The number of urea groups is 1. The van der Waals surface area contributed by atoms with E-state index in [1.165, 1.54) is 12.1 Å². The number of nitro benzene ring substituents is 1. The van der Waals surface area contributed by atoms with Gasteiger partial charge in [0.15, 0.2) is 6.79 Å². The minimum atomic E-state index is -0.966. The van der Waals surface area contributed by atoms with Gasteiger partial charge < -0.3 is 14.8 Å². The highest BCUT2D eigenvalue weighted by atomic mass is 16.7. The van der Waals surface area contributed by atoms with Gasteiger partial charge in [-0.2, -0.15) is 0 Å². The fourth-order valence-electron chi connectivity index (χ4n) is 3.31. The Morgan fingerprint density at radius 2 is 2.11 bits per heavy atom. The van der Waals surface area contributed by atoms with E-state index in [2.05, 4.69) is 19.2 Å². The standard InChI is InChI=1S/C18H23N3O6/c1-11(2)4-5-18(3)16(22)20(17(23)19-18)8-12-6-14(21(24)25)7-13-9-26-10-27-15(12)13/h6-7,11H,4-5,8-10H2,1-3H3,(H,19,23). The first-order chi connectivity index (χ1) is 12.7. The fraction of sp³-hybridized carbons (Fsp3) is 0.556. The molecule has 1 aromatic carbocycles. The lowest BCUT2D eigenvalue weighted by Crippen LogP contribution is -2.44. The summed E-state index contributed by atoms with van der Waals surface area (Å²) >= 11 is 0. The monoisotopic (exact) mass is 377 g/mol. The Hall–Kier alpha value is -2.68. The molecule has 2 aliphatic rings. The van der Waals surface area contributed by atoms with Gasteiger partial charge in [-0.25, -0.2) is 4.79 Å². The van der Waals surface area contributed by atoms with Gasteiger partial charge in [0.1, 0.15) is 11.3 Å². The number of carbonyl (C=O) groups excluding carboxylic acids is 2. The number of imide groups is 1. The number of nitrogens with one attached hydrogen (secondary N) is 1. The number of carbonyl (C=O) groups is 2. The molecule has 3 rings (SSSR count). The zero-order valence-electron chi connectivity index (χ0n) is 15.6. The van der Waals surface area contributed by atoms with E-state index < -0.39 is 16.5 Å². The number of ether oxygens (including phenoxy) is 2. The second-order valence-electron chi connectivity index (χ2n) is 7.55. The maximum Gasteiger partial charge on any atom is 0.325 e. The highest BCUT2D eigenvalue weighted by Gasteiger charge is 2.47. The summed E-state index contributed by atoms with van der Waals surface area (Å²) < 4.78 is 10.7. The van der Waals surface area contributed by atoms with Crippen LogP contribution in [0.1, 0.15) is 44.7 Å². The van der Waals surface area contributed by atoms with Crippen molar-refractivity contribution >= 4 is 17.6 Å². The molecule has 1 N–H and O–H groups in total. The first kappa shape index (κ1) is 19.1. The van der Waals surface area contributed by atoms with E-state index in [-0.39, 0.29) is 31.5 Å². The molecule has 0 radical (unpaired) electrons. The Morgan fingerprint density at radius 1 is 1.37 bits per heavy atom. The van der Waals surface area contributed by atoms with Crippen molar-refractivity contribution in [2.75, 3.05) is 6.79 Å². The van der Waals surface area contributed by atoms with Crippen LogP contribution in [-0.4, -0.2) is 34.1 Å².